The fourth-order valence-corrected chi connectivity index (χ4v) is 3.60. The molecule has 0 saturated carbocycles. The molecule has 1 heterocycles. The Bertz CT molecular complexity index is 552. The van der Waals surface area contributed by atoms with Gasteiger partial charge in [0, 0.05) is 39.3 Å². The van der Waals surface area contributed by atoms with Crippen molar-refractivity contribution in [2.75, 3.05) is 47.3 Å². The molecule has 0 radical (unpaired) electrons. The molecule has 5 heteroatoms. The van der Waals surface area contributed by atoms with Crippen molar-refractivity contribution in [1.29, 1.82) is 0 Å². The van der Waals surface area contributed by atoms with Gasteiger partial charge in [0.05, 0.1) is 6.10 Å². The molecule has 1 aliphatic rings. The summed E-state index contributed by atoms with van der Waals surface area (Å²) in [5, 5.41) is 9.50. The quantitative estimate of drug-likeness (QED) is 0.819. The highest BCUT2D eigenvalue weighted by Gasteiger charge is 2.21. The monoisotopic (exact) mass is 347 g/mol. The molecular formula is C20H33N3O2. The van der Waals surface area contributed by atoms with E-state index < -0.39 is 0 Å². The van der Waals surface area contributed by atoms with E-state index >= 15 is 0 Å². The van der Waals surface area contributed by atoms with Crippen LogP contribution < -0.4 is 0 Å². The Morgan fingerprint density at radius 1 is 1.28 bits per heavy atom. The van der Waals surface area contributed by atoms with Gasteiger partial charge >= 0.3 is 0 Å². The van der Waals surface area contributed by atoms with Crippen molar-refractivity contribution >= 4 is 5.91 Å². The van der Waals surface area contributed by atoms with E-state index in [-0.39, 0.29) is 12.0 Å². The highest BCUT2D eigenvalue weighted by Crippen LogP contribution is 2.19. The number of benzene rings is 1. The molecule has 0 spiro atoms. The van der Waals surface area contributed by atoms with Crippen LogP contribution in [0.25, 0.3) is 0 Å². The summed E-state index contributed by atoms with van der Waals surface area (Å²) in [6.45, 7) is 6.74. The Hall–Kier alpha value is -1.43. The van der Waals surface area contributed by atoms with Crippen LogP contribution in [0.5, 0.6) is 0 Å². The third-order valence-corrected chi connectivity index (χ3v) is 4.83. The van der Waals surface area contributed by atoms with Gasteiger partial charge in [-0.15, -0.1) is 0 Å². The van der Waals surface area contributed by atoms with Crippen LogP contribution in [-0.4, -0.2) is 79.1 Å². The molecule has 1 amide bonds. The summed E-state index contributed by atoms with van der Waals surface area (Å²) >= 11 is 0. The summed E-state index contributed by atoms with van der Waals surface area (Å²) in [6.07, 6.45) is 2.14. The summed E-state index contributed by atoms with van der Waals surface area (Å²) in [5.74, 6) is 0.761. The molecule has 0 aliphatic carbocycles. The number of likely N-dealkylation sites (tertiary alicyclic amines) is 1. The van der Waals surface area contributed by atoms with Gasteiger partial charge in [-0.2, -0.15) is 0 Å². The predicted molar refractivity (Wildman–Crippen MR) is 102 cm³/mol. The lowest BCUT2D eigenvalue weighted by atomic mass is 9.96. The van der Waals surface area contributed by atoms with Crippen LogP contribution in [-0.2, 0) is 6.54 Å². The number of carbonyl (C=O) groups is 1. The van der Waals surface area contributed by atoms with Crippen LogP contribution in [0.3, 0.4) is 0 Å². The lowest BCUT2D eigenvalue weighted by Crippen LogP contribution is -2.40. The maximum Gasteiger partial charge on any atom is 0.253 e. The minimum Gasteiger partial charge on any atom is -0.392 e. The number of aliphatic hydroxyl groups is 1. The molecular weight excluding hydrogens is 314 g/mol. The largest absolute Gasteiger partial charge is 0.392 e. The van der Waals surface area contributed by atoms with Gasteiger partial charge in [-0.25, -0.2) is 0 Å². The van der Waals surface area contributed by atoms with Crippen LogP contribution in [0.15, 0.2) is 24.3 Å². The molecule has 1 saturated heterocycles. The SMILES string of the molecule is C[C@H](O)CN1CCC(CN(C)Cc2cccc(C(=O)N(C)C)c2)CC1. The zero-order valence-electron chi connectivity index (χ0n) is 16.1. The smallest absolute Gasteiger partial charge is 0.253 e. The zero-order chi connectivity index (χ0) is 18.4. The Labute approximate surface area is 152 Å². The maximum absolute atomic E-state index is 12.1. The number of hydrogen-bond acceptors (Lipinski definition) is 4. The lowest BCUT2D eigenvalue weighted by Gasteiger charge is -2.34. The summed E-state index contributed by atoms with van der Waals surface area (Å²) < 4.78 is 0. The summed E-state index contributed by atoms with van der Waals surface area (Å²) in [5.41, 5.74) is 1.93. The number of nitrogens with zero attached hydrogens (tertiary/aromatic N) is 3. The third kappa shape index (κ3) is 6.42. The van der Waals surface area contributed by atoms with Crippen molar-refractivity contribution in [2.24, 2.45) is 5.92 Å². The van der Waals surface area contributed by atoms with E-state index in [1.165, 1.54) is 18.4 Å². The molecule has 1 atom stereocenters. The first kappa shape index (κ1) is 19.9. The van der Waals surface area contributed by atoms with E-state index in [1.807, 2.05) is 25.1 Å². The molecule has 1 fully saturated rings. The number of carbonyl (C=O) groups excluding carboxylic acids is 1. The maximum atomic E-state index is 12.1. The van der Waals surface area contributed by atoms with Gasteiger partial charge < -0.3 is 19.8 Å². The molecule has 1 aromatic rings. The van der Waals surface area contributed by atoms with Gasteiger partial charge in [0.25, 0.3) is 5.91 Å². The molecule has 1 aliphatic heterocycles. The number of amides is 1. The predicted octanol–water partition coefficient (Wildman–Crippen LogP) is 1.91. The third-order valence-electron chi connectivity index (χ3n) is 4.83. The normalized spacial score (nSPS) is 17.7. The molecule has 5 nitrogen and oxygen atoms in total. The molecule has 0 bridgehead atoms. The summed E-state index contributed by atoms with van der Waals surface area (Å²) in [7, 11) is 5.72. The Balaban J connectivity index is 1.82. The van der Waals surface area contributed by atoms with Crippen molar-refractivity contribution in [3.05, 3.63) is 35.4 Å². The number of rotatable bonds is 7. The second-order valence-corrected chi connectivity index (χ2v) is 7.69. The van der Waals surface area contributed by atoms with Gasteiger partial charge in [-0.3, -0.25) is 4.79 Å². The first-order valence-corrected chi connectivity index (χ1v) is 9.24. The Morgan fingerprint density at radius 2 is 1.96 bits per heavy atom. The van der Waals surface area contributed by atoms with Gasteiger partial charge in [0.15, 0.2) is 0 Å². The van der Waals surface area contributed by atoms with E-state index in [1.54, 1.807) is 19.0 Å². The molecule has 140 valence electrons. The van der Waals surface area contributed by atoms with Gasteiger partial charge in [0.2, 0.25) is 0 Å². The topological polar surface area (TPSA) is 47.0 Å². The van der Waals surface area contributed by atoms with Crippen LogP contribution >= 0.6 is 0 Å². The van der Waals surface area contributed by atoms with E-state index in [0.29, 0.717) is 5.92 Å². The van der Waals surface area contributed by atoms with Crippen LogP contribution in [0.2, 0.25) is 0 Å². The van der Waals surface area contributed by atoms with E-state index in [0.717, 1.165) is 38.3 Å². The van der Waals surface area contributed by atoms with Gasteiger partial charge in [0.1, 0.15) is 0 Å². The van der Waals surface area contributed by atoms with Crippen LogP contribution in [0.1, 0.15) is 35.7 Å². The highest BCUT2D eigenvalue weighted by molar-refractivity contribution is 5.94. The van der Waals surface area contributed by atoms with Crippen LogP contribution in [0, 0.1) is 5.92 Å². The van der Waals surface area contributed by atoms with Crippen molar-refractivity contribution in [3.8, 4) is 0 Å². The van der Waals surface area contributed by atoms with Crippen molar-refractivity contribution in [2.45, 2.75) is 32.4 Å². The van der Waals surface area contributed by atoms with Gasteiger partial charge in [-0.1, -0.05) is 12.1 Å². The average molecular weight is 348 g/mol. The second kappa shape index (κ2) is 9.32. The van der Waals surface area contributed by atoms with Crippen molar-refractivity contribution in [3.63, 3.8) is 0 Å². The molecule has 1 aromatic carbocycles. The standard InChI is InChI=1S/C20H33N3O2/c1-16(24)13-23-10-8-17(9-11-23)14-22(4)15-18-6-5-7-19(12-18)20(25)21(2)3/h5-7,12,16-17,24H,8-11,13-15H2,1-4H3/t16-/m0/s1. The van der Waals surface area contributed by atoms with E-state index in [2.05, 4.69) is 22.9 Å². The van der Waals surface area contributed by atoms with Gasteiger partial charge in [-0.05, 0) is 63.5 Å². The number of piperidine rings is 1. The fraction of sp³-hybridized carbons (Fsp3) is 0.650. The first-order valence-electron chi connectivity index (χ1n) is 9.24. The summed E-state index contributed by atoms with van der Waals surface area (Å²) in [6, 6.07) is 7.94. The van der Waals surface area contributed by atoms with Crippen LogP contribution in [0.4, 0.5) is 0 Å². The molecule has 25 heavy (non-hydrogen) atoms. The van der Waals surface area contributed by atoms with Crippen molar-refractivity contribution < 1.29 is 9.90 Å². The lowest BCUT2D eigenvalue weighted by molar-refractivity contribution is 0.0827. The molecule has 0 aromatic heterocycles. The summed E-state index contributed by atoms with van der Waals surface area (Å²) in [4.78, 5) is 18.4. The minimum atomic E-state index is -0.239. The van der Waals surface area contributed by atoms with E-state index in [4.69, 9.17) is 0 Å². The fourth-order valence-electron chi connectivity index (χ4n) is 3.60. The number of aliphatic hydroxyl groups excluding tert-OH is 1. The average Bonchev–Trinajstić information content (AvgIpc) is 2.55. The second-order valence-electron chi connectivity index (χ2n) is 7.69. The Kier molecular flexibility index (Phi) is 7.41. The zero-order valence-corrected chi connectivity index (χ0v) is 16.1. The number of hydrogen-bond donors (Lipinski definition) is 1. The first-order chi connectivity index (χ1) is 11.8. The molecule has 0 unspecified atom stereocenters. The van der Waals surface area contributed by atoms with Crippen molar-refractivity contribution in [1.82, 2.24) is 14.7 Å². The molecule has 2 rings (SSSR count). The minimum absolute atomic E-state index is 0.0509. The highest BCUT2D eigenvalue weighted by atomic mass is 16.3. The molecule has 1 N–H and O–H groups in total. The van der Waals surface area contributed by atoms with E-state index in [9.17, 15) is 9.90 Å². The Morgan fingerprint density at radius 3 is 2.56 bits per heavy atom. The number of β-amino-alcohol motifs (C(OH)–C–C–N with tert-alkyl or cyclic N) is 1.